The van der Waals surface area contributed by atoms with E-state index in [1.807, 2.05) is 0 Å². The van der Waals surface area contributed by atoms with Crippen molar-refractivity contribution >= 4 is 15.7 Å². The van der Waals surface area contributed by atoms with Gasteiger partial charge < -0.3 is 9.73 Å². The van der Waals surface area contributed by atoms with E-state index in [1.54, 1.807) is 12.1 Å². The van der Waals surface area contributed by atoms with Crippen molar-refractivity contribution < 1.29 is 17.6 Å². The Morgan fingerprint density at radius 2 is 2.27 bits per heavy atom. The van der Waals surface area contributed by atoms with Crippen molar-refractivity contribution in [1.29, 1.82) is 0 Å². The van der Waals surface area contributed by atoms with Crippen molar-refractivity contribution in [2.24, 2.45) is 0 Å². The minimum atomic E-state index is -3.34. The van der Waals surface area contributed by atoms with E-state index in [0.29, 0.717) is 5.76 Å². The van der Waals surface area contributed by atoms with Gasteiger partial charge >= 0.3 is 0 Å². The van der Waals surface area contributed by atoms with Gasteiger partial charge in [0.1, 0.15) is 11.0 Å². The van der Waals surface area contributed by atoms with E-state index in [9.17, 15) is 13.2 Å². The molecule has 0 unspecified atom stereocenters. The number of hydrogen-bond acceptors (Lipinski definition) is 4. The summed E-state index contributed by atoms with van der Waals surface area (Å²) >= 11 is 0. The molecule has 0 aliphatic carbocycles. The molecule has 1 atom stereocenters. The zero-order valence-electron chi connectivity index (χ0n) is 8.56. The van der Waals surface area contributed by atoms with Crippen molar-refractivity contribution in [1.82, 2.24) is 5.32 Å². The molecular weight excluding hydrogens is 218 g/mol. The predicted octanol–water partition coefficient (Wildman–Crippen LogP) is 0.329. The second kappa shape index (κ2) is 4.48. The zero-order valence-corrected chi connectivity index (χ0v) is 9.37. The molecule has 0 bridgehead atoms. The maximum atomic E-state index is 11.4. The van der Waals surface area contributed by atoms with Crippen LogP contribution in [0.15, 0.2) is 22.8 Å². The number of sulfone groups is 1. The Kier molecular flexibility index (Phi) is 3.52. The normalized spacial score (nSPS) is 13.5. The third-order valence-corrected chi connectivity index (χ3v) is 3.53. The van der Waals surface area contributed by atoms with Crippen LogP contribution in [-0.4, -0.2) is 25.8 Å². The molecule has 15 heavy (non-hydrogen) atoms. The van der Waals surface area contributed by atoms with E-state index in [2.05, 4.69) is 5.32 Å². The van der Waals surface area contributed by atoms with Gasteiger partial charge in [0.25, 0.3) is 0 Å². The van der Waals surface area contributed by atoms with Gasteiger partial charge in [0.15, 0.2) is 9.84 Å². The standard InChI is InChI=1S/C9H13NO4S/c1-7(15(2,12)13)9(11)10-6-8-4-3-5-14-8/h3-5,7H,6H2,1-2H3,(H,10,11)/t7-/m1/s1. The Balaban J connectivity index is 2.50. The summed E-state index contributed by atoms with van der Waals surface area (Å²) in [6.45, 7) is 1.55. The highest BCUT2D eigenvalue weighted by atomic mass is 32.2. The highest BCUT2D eigenvalue weighted by molar-refractivity contribution is 7.92. The molecule has 0 radical (unpaired) electrons. The molecule has 0 spiro atoms. The van der Waals surface area contributed by atoms with Gasteiger partial charge in [-0.25, -0.2) is 8.42 Å². The van der Waals surface area contributed by atoms with Crippen LogP contribution >= 0.6 is 0 Å². The summed E-state index contributed by atoms with van der Waals surface area (Å²) in [5, 5.41) is 1.44. The van der Waals surface area contributed by atoms with Gasteiger partial charge in [0.05, 0.1) is 12.8 Å². The summed E-state index contributed by atoms with van der Waals surface area (Å²) in [6, 6.07) is 3.40. The molecule has 1 heterocycles. The molecule has 0 saturated heterocycles. The van der Waals surface area contributed by atoms with Crippen LogP contribution in [0.1, 0.15) is 12.7 Å². The molecule has 84 valence electrons. The van der Waals surface area contributed by atoms with Gasteiger partial charge in [-0.15, -0.1) is 0 Å². The van der Waals surface area contributed by atoms with Crippen molar-refractivity contribution in [2.45, 2.75) is 18.7 Å². The molecule has 0 saturated carbocycles. The van der Waals surface area contributed by atoms with Gasteiger partial charge in [0.2, 0.25) is 5.91 Å². The molecule has 1 rings (SSSR count). The largest absolute Gasteiger partial charge is 0.467 e. The molecule has 0 fully saturated rings. The highest BCUT2D eigenvalue weighted by Gasteiger charge is 2.23. The maximum absolute atomic E-state index is 11.4. The van der Waals surface area contributed by atoms with Crippen molar-refractivity contribution in [3.63, 3.8) is 0 Å². The smallest absolute Gasteiger partial charge is 0.238 e. The monoisotopic (exact) mass is 231 g/mol. The van der Waals surface area contributed by atoms with Gasteiger partial charge in [0, 0.05) is 6.26 Å². The quantitative estimate of drug-likeness (QED) is 0.810. The van der Waals surface area contributed by atoms with E-state index in [4.69, 9.17) is 4.42 Å². The summed E-state index contributed by atoms with van der Waals surface area (Å²) in [5.74, 6) is 0.0675. The fraction of sp³-hybridized carbons (Fsp3) is 0.444. The SMILES string of the molecule is C[C@H](C(=O)NCc1ccco1)S(C)(=O)=O. The Morgan fingerprint density at radius 3 is 2.73 bits per heavy atom. The first-order chi connectivity index (χ1) is 6.91. The first kappa shape index (κ1) is 11.8. The molecule has 1 aromatic heterocycles. The lowest BCUT2D eigenvalue weighted by molar-refractivity contribution is -0.120. The van der Waals surface area contributed by atoms with Crippen LogP contribution in [0.5, 0.6) is 0 Å². The van der Waals surface area contributed by atoms with Gasteiger partial charge in [-0.3, -0.25) is 4.79 Å². The fourth-order valence-electron chi connectivity index (χ4n) is 0.926. The first-order valence-electron chi connectivity index (χ1n) is 4.40. The summed E-state index contributed by atoms with van der Waals surface area (Å²) in [6.07, 6.45) is 2.52. The molecule has 1 amide bonds. The Bertz CT molecular complexity index is 421. The summed E-state index contributed by atoms with van der Waals surface area (Å²) in [7, 11) is -3.34. The van der Waals surface area contributed by atoms with Crippen LogP contribution < -0.4 is 5.32 Å². The van der Waals surface area contributed by atoms with E-state index >= 15 is 0 Å². The first-order valence-corrected chi connectivity index (χ1v) is 6.35. The second-order valence-electron chi connectivity index (χ2n) is 3.27. The topological polar surface area (TPSA) is 76.4 Å². The van der Waals surface area contributed by atoms with E-state index in [0.717, 1.165) is 6.26 Å². The van der Waals surface area contributed by atoms with Crippen molar-refractivity contribution in [2.75, 3.05) is 6.26 Å². The van der Waals surface area contributed by atoms with Crippen LogP contribution in [-0.2, 0) is 21.2 Å². The van der Waals surface area contributed by atoms with E-state index in [1.165, 1.54) is 13.2 Å². The second-order valence-corrected chi connectivity index (χ2v) is 5.64. The van der Waals surface area contributed by atoms with Crippen LogP contribution in [0.4, 0.5) is 0 Å². The molecule has 1 N–H and O–H groups in total. The molecule has 0 aromatic carbocycles. The molecular formula is C9H13NO4S. The summed E-state index contributed by atoms with van der Waals surface area (Å²) in [5.41, 5.74) is 0. The number of carbonyl (C=O) groups is 1. The van der Waals surface area contributed by atoms with E-state index < -0.39 is 21.0 Å². The minimum Gasteiger partial charge on any atom is -0.467 e. The average Bonchev–Trinajstić information content (AvgIpc) is 2.63. The summed E-state index contributed by atoms with van der Waals surface area (Å²) < 4.78 is 27.1. The number of amides is 1. The Labute approximate surface area is 88.4 Å². The third-order valence-electron chi connectivity index (χ3n) is 2.03. The zero-order chi connectivity index (χ0) is 11.5. The Morgan fingerprint density at radius 1 is 1.60 bits per heavy atom. The van der Waals surface area contributed by atoms with E-state index in [-0.39, 0.29) is 6.54 Å². The minimum absolute atomic E-state index is 0.200. The number of furan rings is 1. The molecule has 6 heteroatoms. The highest BCUT2D eigenvalue weighted by Crippen LogP contribution is 2.01. The predicted molar refractivity (Wildman–Crippen MR) is 54.9 cm³/mol. The number of nitrogens with one attached hydrogen (secondary N) is 1. The van der Waals surface area contributed by atoms with Crippen LogP contribution in [0.3, 0.4) is 0 Å². The van der Waals surface area contributed by atoms with Crippen LogP contribution in [0.25, 0.3) is 0 Å². The lowest BCUT2D eigenvalue weighted by Gasteiger charge is -2.08. The van der Waals surface area contributed by atoms with Crippen LogP contribution in [0, 0.1) is 0 Å². The average molecular weight is 231 g/mol. The van der Waals surface area contributed by atoms with Gasteiger partial charge in [-0.05, 0) is 19.1 Å². The number of carbonyl (C=O) groups excluding carboxylic acids is 1. The Hall–Kier alpha value is -1.30. The van der Waals surface area contributed by atoms with Gasteiger partial charge in [-0.2, -0.15) is 0 Å². The fourth-order valence-corrected chi connectivity index (χ4v) is 1.40. The van der Waals surface area contributed by atoms with Crippen LogP contribution in [0.2, 0.25) is 0 Å². The molecule has 0 aliphatic heterocycles. The third kappa shape index (κ3) is 3.39. The number of hydrogen-bond donors (Lipinski definition) is 1. The van der Waals surface area contributed by atoms with Crippen molar-refractivity contribution in [3.8, 4) is 0 Å². The summed E-state index contributed by atoms with van der Waals surface area (Å²) in [4.78, 5) is 11.4. The lowest BCUT2D eigenvalue weighted by atomic mass is 10.4. The molecule has 0 aliphatic rings. The van der Waals surface area contributed by atoms with Gasteiger partial charge in [-0.1, -0.05) is 0 Å². The maximum Gasteiger partial charge on any atom is 0.238 e. The molecule has 1 aromatic rings. The lowest BCUT2D eigenvalue weighted by Crippen LogP contribution is -2.36. The number of rotatable bonds is 4. The molecule has 5 nitrogen and oxygen atoms in total. The van der Waals surface area contributed by atoms with Crippen molar-refractivity contribution in [3.05, 3.63) is 24.2 Å².